The van der Waals surface area contributed by atoms with Crippen LogP contribution in [-0.2, 0) is 14.4 Å². The molecular formula is C13H17NO3. The lowest BCUT2D eigenvalue weighted by molar-refractivity contribution is -0.133. The second-order valence-corrected chi connectivity index (χ2v) is 4.50. The van der Waals surface area contributed by atoms with Crippen LogP contribution >= 0.6 is 0 Å². The van der Waals surface area contributed by atoms with Gasteiger partial charge >= 0.3 is 5.97 Å². The van der Waals surface area contributed by atoms with Gasteiger partial charge in [-0.3, -0.25) is 0 Å². The Bertz CT molecular complexity index is 404. The Balaban J connectivity index is 3.01. The number of esters is 1. The summed E-state index contributed by atoms with van der Waals surface area (Å²) in [6.07, 6.45) is 0. The Morgan fingerprint density at radius 1 is 1.18 bits per heavy atom. The first kappa shape index (κ1) is 13.2. The fourth-order valence-electron chi connectivity index (χ4n) is 1.08. The van der Waals surface area contributed by atoms with Crippen molar-refractivity contribution in [1.82, 2.24) is 0 Å². The number of nitrogens with zero attached hydrogens (tertiary/aromatic N) is 1. The Labute approximate surface area is 101 Å². The summed E-state index contributed by atoms with van der Waals surface area (Å²) in [5.41, 5.74) is 0.389. The SMILES string of the molecule is COC(=O)/C(=N/OC(C)(C)C)c1ccccc1. The van der Waals surface area contributed by atoms with E-state index in [1.807, 2.05) is 39.0 Å². The van der Waals surface area contributed by atoms with Gasteiger partial charge < -0.3 is 9.57 Å². The second kappa shape index (κ2) is 5.48. The number of oxime groups is 1. The van der Waals surface area contributed by atoms with Gasteiger partial charge in [-0.05, 0) is 20.8 Å². The highest BCUT2D eigenvalue weighted by molar-refractivity contribution is 6.43. The summed E-state index contributed by atoms with van der Waals surface area (Å²) in [5.74, 6) is -0.513. The minimum Gasteiger partial charge on any atom is -0.464 e. The maximum Gasteiger partial charge on any atom is 0.360 e. The minimum absolute atomic E-state index is 0.169. The molecule has 0 spiro atoms. The molecule has 4 nitrogen and oxygen atoms in total. The molecule has 0 unspecified atom stereocenters. The van der Waals surface area contributed by atoms with Crippen LogP contribution in [0.15, 0.2) is 35.5 Å². The predicted molar refractivity (Wildman–Crippen MR) is 65.8 cm³/mol. The zero-order valence-corrected chi connectivity index (χ0v) is 10.6. The number of carbonyl (C=O) groups excluding carboxylic acids is 1. The lowest BCUT2D eigenvalue weighted by Gasteiger charge is -2.16. The Hall–Kier alpha value is -1.84. The lowest BCUT2D eigenvalue weighted by atomic mass is 10.1. The molecule has 0 amide bonds. The van der Waals surface area contributed by atoms with E-state index in [-0.39, 0.29) is 5.71 Å². The predicted octanol–water partition coefficient (Wildman–Crippen LogP) is 2.38. The molecule has 0 fully saturated rings. The fraction of sp³-hybridized carbons (Fsp3) is 0.385. The molecule has 0 radical (unpaired) electrons. The average Bonchev–Trinajstić information content (AvgIpc) is 2.29. The molecule has 0 saturated heterocycles. The van der Waals surface area contributed by atoms with Crippen LogP contribution in [0.2, 0.25) is 0 Å². The first-order valence-electron chi connectivity index (χ1n) is 5.34. The number of hydrogen-bond acceptors (Lipinski definition) is 4. The quantitative estimate of drug-likeness (QED) is 0.459. The molecule has 92 valence electrons. The topological polar surface area (TPSA) is 47.9 Å². The molecule has 0 aliphatic carbocycles. The van der Waals surface area contributed by atoms with Gasteiger partial charge in [-0.15, -0.1) is 0 Å². The normalized spacial score (nSPS) is 12.1. The maximum absolute atomic E-state index is 11.6. The van der Waals surface area contributed by atoms with Crippen molar-refractivity contribution in [2.24, 2.45) is 5.16 Å². The monoisotopic (exact) mass is 235 g/mol. The summed E-state index contributed by atoms with van der Waals surface area (Å²) >= 11 is 0. The third kappa shape index (κ3) is 4.26. The summed E-state index contributed by atoms with van der Waals surface area (Å²) in [6, 6.07) is 9.07. The van der Waals surface area contributed by atoms with Gasteiger partial charge in [0, 0.05) is 5.56 Å². The highest BCUT2D eigenvalue weighted by atomic mass is 16.6. The van der Waals surface area contributed by atoms with E-state index in [0.717, 1.165) is 0 Å². The van der Waals surface area contributed by atoms with E-state index in [9.17, 15) is 4.79 Å². The van der Waals surface area contributed by atoms with Crippen LogP contribution < -0.4 is 0 Å². The summed E-state index contributed by atoms with van der Waals surface area (Å²) in [6.45, 7) is 5.57. The van der Waals surface area contributed by atoms with Crippen LogP contribution in [0.25, 0.3) is 0 Å². The van der Waals surface area contributed by atoms with Crippen molar-refractivity contribution >= 4 is 11.7 Å². The Morgan fingerprint density at radius 3 is 2.24 bits per heavy atom. The molecule has 1 rings (SSSR count). The molecule has 1 aromatic carbocycles. The van der Waals surface area contributed by atoms with E-state index in [4.69, 9.17) is 4.84 Å². The molecule has 0 aliphatic rings. The molecular weight excluding hydrogens is 218 g/mol. The number of rotatable bonds is 3. The van der Waals surface area contributed by atoms with Crippen LogP contribution in [0.1, 0.15) is 26.3 Å². The number of benzene rings is 1. The van der Waals surface area contributed by atoms with E-state index >= 15 is 0 Å². The number of carbonyl (C=O) groups is 1. The van der Waals surface area contributed by atoms with E-state index in [1.54, 1.807) is 12.1 Å². The molecule has 0 atom stereocenters. The van der Waals surface area contributed by atoms with Crippen molar-refractivity contribution in [3.8, 4) is 0 Å². The molecule has 0 heterocycles. The van der Waals surface area contributed by atoms with Gasteiger partial charge in [-0.1, -0.05) is 35.5 Å². The van der Waals surface area contributed by atoms with Gasteiger partial charge in [0.25, 0.3) is 0 Å². The van der Waals surface area contributed by atoms with Gasteiger partial charge in [0.15, 0.2) is 5.71 Å². The summed E-state index contributed by atoms with van der Waals surface area (Å²) in [5, 5.41) is 3.88. The van der Waals surface area contributed by atoms with Crippen molar-refractivity contribution < 1.29 is 14.4 Å². The van der Waals surface area contributed by atoms with Gasteiger partial charge in [-0.2, -0.15) is 0 Å². The molecule has 1 aromatic rings. The highest BCUT2D eigenvalue weighted by Crippen LogP contribution is 2.10. The van der Waals surface area contributed by atoms with Crippen molar-refractivity contribution in [3.63, 3.8) is 0 Å². The van der Waals surface area contributed by atoms with Gasteiger partial charge in [0.1, 0.15) is 5.60 Å². The van der Waals surface area contributed by atoms with Crippen LogP contribution in [0.3, 0.4) is 0 Å². The van der Waals surface area contributed by atoms with E-state index < -0.39 is 11.6 Å². The van der Waals surface area contributed by atoms with Crippen LogP contribution in [0.4, 0.5) is 0 Å². The number of hydrogen-bond donors (Lipinski definition) is 0. The maximum atomic E-state index is 11.6. The summed E-state index contributed by atoms with van der Waals surface area (Å²) in [4.78, 5) is 16.9. The zero-order valence-electron chi connectivity index (χ0n) is 10.6. The zero-order chi connectivity index (χ0) is 12.9. The first-order valence-corrected chi connectivity index (χ1v) is 5.34. The molecule has 4 heteroatoms. The smallest absolute Gasteiger partial charge is 0.360 e. The van der Waals surface area contributed by atoms with Crippen molar-refractivity contribution in [3.05, 3.63) is 35.9 Å². The van der Waals surface area contributed by atoms with Crippen molar-refractivity contribution in [2.75, 3.05) is 7.11 Å². The lowest BCUT2D eigenvalue weighted by Crippen LogP contribution is -2.22. The molecule has 0 N–H and O–H groups in total. The standard InChI is InChI=1S/C13H17NO3/c1-13(2,3)17-14-11(12(15)16-4)10-8-6-5-7-9-10/h5-9H,1-4H3/b14-11+. The van der Waals surface area contributed by atoms with Gasteiger partial charge in [0.2, 0.25) is 0 Å². The highest BCUT2D eigenvalue weighted by Gasteiger charge is 2.18. The third-order valence-electron chi connectivity index (χ3n) is 1.84. The summed E-state index contributed by atoms with van der Waals surface area (Å²) < 4.78 is 4.68. The molecule has 0 aliphatic heterocycles. The molecule has 0 saturated carbocycles. The summed E-state index contributed by atoms with van der Waals surface area (Å²) in [7, 11) is 1.32. The van der Waals surface area contributed by atoms with Crippen LogP contribution in [0, 0.1) is 0 Å². The second-order valence-electron chi connectivity index (χ2n) is 4.50. The number of methoxy groups -OCH3 is 1. The van der Waals surface area contributed by atoms with Gasteiger partial charge in [-0.25, -0.2) is 4.79 Å². The minimum atomic E-state index is -0.513. The largest absolute Gasteiger partial charge is 0.464 e. The van der Waals surface area contributed by atoms with Crippen molar-refractivity contribution in [1.29, 1.82) is 0 Å². The van der Waals surface area contributed by atoms with E-state index in [2.05, 4.69) is 9.89 Å². The molecule has 0 aromatic heterocycles. The molecule has 17 heavy (non-hydrogen) atoms. The van der Waals surface area contributed by atoms with Crippen LogP contribution in [-0.4, -0.2) is 24.4 Å². The van der Waals surface area contributed by atoms with Gasteiger partial charge in [0.05, 0.1) is 7.11 Å². The fourth-order valence-corrected chi connectivity index (χ4v) is 1.08. The third-order valence-corrected chi connectivity index (χ3v) is 1.84. The van der Waals surface area contributed by atoms with Crippen molar-refractivity contribution in [2.45, 2.75) is 26.4 Å². The van der Waals surface area contributed by atoms with E-state index in [0.29, 0.717) is 5.56 Å². The Morgan fingerprint density at radius 2 is 1.76 bits per heavy atom. The van der Waals surface area contributed by atoms with E-state index in [1.165, 1.54) is 7.11 Å². The molecule has 0 bridgehead atoms. The number of ether oxygens (including phenoxy) is 1. The first-order chi connectivity index (χ1) is 7.94. The average molecular weight is 235 g/mol. The van der Waals surface area contributed by atoms with Crippen LogP contribution in [0.5, 0.6) is 0 Å². The Kier molecular flexibility index (Phi) is 4.26.